The van der Waals surface area contributed by atoms with Crippen LogP contribution in [-0.2, 0) is 6.42 Å². The minimum Gasteiger partial charge on any atom is -0.399 e. The number of rotatable bonds is 1. The first-order valence-corrected chi connectivity index (χ1v) is 5.31. The third kappa shape index (κ3) is 1.42. The number of fused-ring (bicyclic) bond motifs is 1. The lowest BCUT2D eigenvalue weighted by Crippen LogP contribution is -1.87. The van der Waals surface area contributed by atoms with Gasteiger partial charge in [-0.15, -0.1) is 11.3 Å². The van der Waals surface area contributed by atoms with E-state index in [2.05, 4.69) is 32.0 Å². The van der Waals surface area contributed by atoms with Crippen molar-refractivity contribution in [1.82, 2.24) is 0 Å². The van der Waals surface area contributed by atoms with E-state index in [-0.39, 0.29) is 0 Å². The maximum absolute atomic E-state index is 5.82. The van der Waals surface area contributed by atoms with E-state index in [1.807, 2.05) is 11.3 Å². The number of aryl methyl sites for hydroxylation is 2. The largest absolute Gasteiger partial charge is 0.399 e. The highest BCUT2D eigenvalue weighted by molar-refractivity contribution is 7.19. The van der Waals surface area contributed by atoms with Gasteiger partial charge in [0.05, 0.1) is 0 Å². The van der Waals surface area contributed by atoms with Crippen molar-refractivity contribution in [1.29, 1.82) is 0 Å². The quantitative estimate of drug-likeness (QED) is 0.687. The van der Waals surface area contributed by atoms with Crippen LogP contribution in [0.25, 0.3) is 10.1 Å². The van der Waals surface area contributed by atoms with Gasteiger partial charge in [0.25, 0.3) is 0 Å². The van der Waals surface area contributed by atoms with Crippen LogP contribution >= 0.6 is 11.3 Å². The van der Waals surface area contributed by atoms with Crippen molar-refractivity contribution < 1.29 is 0 Å². The van der Waals surface area contributed by atoms with Crippen LogP contribution in [0.15, 0.2) is 18.2 Å². The normalized spacial score (nSPS) is 10.9. The Morgan fingerprint density at radius 3 is 2.77 bits per heavy atom. The standard InChI is InChI=1S/C11H13NS/c1-3-8-5-9(12)6-11-10(8)4-7(2)13-11/h4-6H,3,12H2,1-2H3. The van der Waals surface area contributed by atoms with Gasteiger partial charge in [-0.05, 0) is 42.5 Å². The second-order valence-corrected chi connectivity index (χ2v) is 4.59. The monoisotopic (exact) mass is 191 g/mol. The summed E-state index contributed by atoms with van der Waals surface area (Å²) >= 11 is 1.82. The number of hydrogen-bond donors (Lipinski definition) is 1. The summed E-state index contributed by atoms with van der Waals surface area (Å²) in [6, 6.07) is 6.39. The van der Waals surface area contributed by atoms with Gasteiger partial charge in [0.2, 0.25) is 0 Å². The van der Waals surface area contributed by atoms with Gasteiger partial charge in [-0.1, -0.05) is 6.92 Å². The molecule has 2 heteroatoms. The van der Waals surface area contributed by atoms with Crippen LogP contribution < -0.4 is 5.73 Å². The summed E-state index contributed by atoms with van der Waals surface area (Å²) in [5.41, 5.74) is 8.06. The molecule has 0 aliphatic rings. The van der Waals surface area contributed by atoms with Gasteiger partial charge in [0.15, 0.2) is 0 Å². The van der Waals surface area contributed by atoms with Crippen LogP contribution in [0.4, 0.5) is 5.69 Å². The first-order valence-electron chi connectivity index (χ1n) is 4.49. The zero-order chi connectivity index (χ0) is 9.42. The van der Waals surface area contributed by atoms with E-state index in [0.717, 1.165) is 12.1 Å². The molecule has 13 heavy (non-hydrogen) atoms. The molecule has 0 saturated carbocycles. The Hall–Kier alpha value is -1.02. The summed E-state index contributed by atoms with van der Waals surface area (Å²) in [7, 11) is 0. The summed E-state index contributed by atoms with van der Waals surface area (Å²) in [5, 5.41) is 1.37. The second kappa shape index (κ2) is 3.04. The fourth-order valence-corrected chi connectivity index (χ4v) is 2.67. The van der Waals surface area contributed by atoms with Crippen LogP contribution in [-0.4, -0.2) is 0 Å². The molecule has 1 nitrogen and oxygen atoms in total. The Bertz CT molecular complexity index is 443. The lowest BCUT2D eigenvalue weighted by molar-refractivity contribution is 1.16. The lowest BCUT2D eigenvalue weighted by atomic mass is 10.1. The number of benzene rings is 1. The third-order valence-corrected chi connectivity index (χ3v) is 3.25. The van der Waals surface area contributed by atoms with Crippen LogP contribution in [0.5, 0.6) is 0 Å². The number of hydrogen-bond acceptors (Lipinski definition) is 2. The summed E-state index contributed by atoms with van der Waals surface area (Å²) in [5.74, 6) is 0. The second-order valence-electron chi connectivity index (χ2n) is 3.30. The fourth-order valence-electron chi connectivity index (χ4n) is 1.65. The van der Waals surface area contributed by atoms with Crippen molar-refractivity contribution in [2.45, 2.75) is 20.3 Å². The number of nitrogens with two attached hydrogens (primary N) is 1. The molecule has 1 aromatic carbocycles. The van der Waals surface area contributed by atoms with E-state index in [1.54, 1.807) is 0 Å². The molecule has 0 spiro atoms. The number of anilines is 1. The van der Waals surface area contributed by atoms with Crippen LogP contribution in [0.3, 0.4) is 0 Å². The SMILES string of the molecule is CCc1cc(N)cc2sc(C)cc12. The maximum Gasteiger partial charge on any atom is 0.0368 e. The Balaban J connectivity index is 2.80. The predicted octanol–water partition coefficient (Wildman–Crippen LogP) is 3.35. The molecule has 0 unspecified atom stereocenters. The molecule has 0 amide bonds. The van der Waals surface area contributed by atoms with E-state index in [9.17, 15) is 0 Å². The van der Waals surface area contributed by atoms with E-state index < -0.39 is 0 Å². The molecule has 0 aliphatic heterocycles. The van der Waals surface area contributed by atoms with Crippen molar-refractivity contribution in [3.8, 4) is 0 Å². The fraction of sp³-hybridized carbons (Fsp3) is 0.273. The Kier molecular flexibility index (Phi) is 2.00. The first-order chi connectivity index (χ1) is 6.20. The highest BCUT2D eigenvalue weighted by atomic mass is 32.1. The molecule has 1 aromatic heterocycles. The molecule has 0 saturated heterocycles. The smallest absolute Gasteiger partial charge is 0.0368 e. The summed E-state index contributed by atoms with van der Waals surface area (Å²) in [6.07, 6.45) is 1.05. The number of thiophene rings is 1. The van der Waals surface area contributed by atoms with Gasteiger partial charge >= 0.3 is 0 Å². The molecule has 1 heterocycles. The minimum atomic E-state index is 0.881. The van der Waals surface area contributed by atoms with E-state index in [4.69, 9.17) is 5.73 Å². The highest BCUT2D eigenvalue weighted by Crippen LogP contribution is 2.30. The zero-order valence-electron chi connectivity index (χ0n) is 7.92. The average Bonchev–Trinajstić information content (AvgIpc) is 2.43. The lowest BCUT2D eigenvalue weighted by Gasteiger charge is -2.00. The average molecular weight is 191 g/mol. The van der Waals surface area contributed by atoms with E-state index >= 15 is 0 Å². The summed E-state index contributed by atoms with van der Waals surface area (Å²) in [6.45, 7) is 4.31. The molecule has 0 fully saturated rings. The van der Waals surface area contributed by atoms with Crippen molar-refractivity contribution in [3.63, 3.8) is 0 Å². The molecule has 68 valence electrons. The third-order valence-electron chi connectivity index (χ3n) is 2.25. The van der Waals surface area contributed by atoms with Gasteiger partial charge in [-0.25, -0.2) is 0 Å². The summed E-state index contributed by atoms with van der Waals surface area (Å²) < 4.78 is 1.31. The van der Waals surface area contributed by atoms with Crippen molar-refractivity contribution in [2.24, 2.45) is 0 Å². The van der Waals surface area contributed by atoms with Crippen molar-refractivity contribution in [3.05, 3.63) is 28.6 Å². The molecule has 2 rings (SSSR count). The molecule has 0 bridgehead atoms. The van der Waals surface area contributed by atoms with Crippen LogP contribution in [0, 0.1) is 6.92 Å². The minimum absolute atomic E-state index is 0.881. The Morgan fingerprint density at radius 2 is 2.08 bits per heavy atom. The molecular formula is C11H13NS. The van der Waals surface area contributed by atoms with Crippen LogP contribution in [0.2, 0.25) is 0 Å². The molecule has 2 aromatic rings. The molecular weight excluding hydrogens is 178 g/mol. The Morgan fingerprint density at radius 1 is 1.31 bits per heavy atom. The highest BCUT2D eigenvalue weighted by Gasteiger charge is 2.03. The molecule has 0 atom stereocenters. The summed E-state index contributed by atoms with van der Waals surface area (Å²) in [4.78, 5) is 1.36. The predicted molar refractivity (Wildman–Crippen MR) is 60.4 cm³/mol. The maximum atomic E-state index is 5.82. The number of nitrogen functional groups attached to an aromatic ring is 1. The van der Waals surface area contributed by atoms with Gasteiger partial charge in [0, 0.05) is 15.3 Å². The Labute approximate surface area is 82.2 Å². The van der Waals surface area contributed by atoms with Gasteiger partial charge in [-0.3, -0.25) is 0 Å². The molecule has 0 aliphatic carbocycles. The zero-order valence-corrected chi connectivity index (χ0v) is 8.74. The molecule has 0 radical (unpaired) electrons. The van der Waals surface area contributed by atoms with Crippen molar-refractivity contribution in [2.75, 3.05) is 5.73 Å². The van der Waals surface area contributed by atoms with Gasteiger partial charge < -0.3 is 5.73 Å². The molecule has 2 N–H and O–H groups in total. The van der Waals surface area contributed by atoms with Gasteiger partial charge in [-0.2, -0.15) is 0 Å². The topological polar surface area (TPSA) is 26.0 Å². The van der Waals surface area contributed by atoms with Gasteiger partial charge in [0.1, 0.15) is 0 Å². The van der Waals surface area contributed by atoms with E-state index in [1.165, 1.54) is 20.5 Å². The van der Waals surface area contributed by atoms with Crippen LogP contribution in [0.1, 0.15) is 17.4 Å². The van der Waals surface area contributed by atoms with Crippen molar-refractivity contribution >= 4 is 27.1 Å². The first kappa shape index (κ1) is 8.57. The van der Waals surface area contributed by atoms with E-state index in [0.29, 0.717) is 0 Å².